The first-order chi connectivity index (χ1) is 13.4. The number of hydrogen-bond acceptors (Lipinski definition) is 5. The van der Waals surface area contributed by atoms with Gasteiger partial charge in [0.2, 0.25) is 6.10 Å². The molecule has 0 aliphatic rings. The molecule has 2 aromatic rings. The lowest BCUT2D eigenvalue weighted by Gasteiger charge is -2.17. The first-order valence-corrected chi connectivity index (χ1v) is 8.92. The maximum absolute atomic E-state index is 12.5. The fourth-order valence-corrected chi connectivity index (χ4v) is 2.27. The van der Waals surface area contributed by atoms with Crippen LogP contribution in [0.15, 0.2) is 54.6 Å². The lowest BCUT2D eigenvalue weighted by molar-refractivity contribution is -0.129. The second-order valence-electron chi connectivity index (χ2n) is 6.49. The van der Waals surface area contributed by atoms with Crippen molar-refractivity contribution in [1.29, 1.82) is 0 Å². The normalized spacial score (nSPS) is 11.4. The Bertz CT molecular complexity index is 803. The van der Waals surface area contributed by atoms with Crippen LogP contribution >= 0.6 is 0 Å². The van der Waals surface area contributed by atoms with Gasteiger partial charge in [0, 0.05) is 12.6 Å². The minimum absolute atomic E-state index is 0.269. The molecule has 0 bridgehead atoms. The minimum Gasteiger partial charge on any atom is -0.493 e. The molecule has 1 atom stereocenters. The molecule has 0 spiro atoms. The molecular weight excluding hydrogens is 360 g/mol. The second kappa shape index (κ2) is 10.1. The van der Waals surface area contributed by atoms with Gasteiger partial charge in [-0.3, -0.25) is 10.1 Å². The van der Waals surface area contributed by atoms with Crippen molar-refractivity contribution < 1.29 is 23.9 Å². The standard InChI is InChI=1S/C21H24N2O5/c1-14(2)13-27-17-11-9-16(10-12-17)20(25)28-18(15-7-5-4-6-8-15)19(24)23-21(26)22-3/h4-12,14,18H,13H2,1-3H3,(H2,22,23,24,26)/t18-/m1/s1. The number of esters is 1. The Kier molecular flexibility index (Phi) is 7.56. The summed E-state index contributed by atoms with van der Waals surface area (Å²) in [5.41, 5.74) is 0.722. The van der Waals surface area contributed by atoms with Crippen molar-refractivity contribution in [3.05, 3.63) is 65.7 Å². The van der Waals surface area contributed by atoms with Crippen molar-refractivity contribution in [3.63, 3.8) is 0 Å². The molecule has 7 heteroatoms. The average molecular weight is 384 g/mol. The fourth-order valence-electron chi connectivity index (χ4n) is 2.27. The van der Waals surface area contributed by atoms with Gasteiger partial charge in [-0.25, -0.2) is 9.59 Å². The molecule has 2 rings (SSSR count). The average Bonchev–Trinajstić information content (AvgIpc) is 2.71. The molecule has 148 valence electrons. The molecule has 0 saturated carbocycles. The third-order valence-corrected chi connectivity index (χ3v) is 3.70. The summed E-state index contributed by atoms with van der Waals surface area (Å²) in [6, 6.07) is 14.3. The molecule has 7 nitrogen and oxygen atoms in total. The molecule has 2 N–H and O–H groups in total. The maximum atomic E-state index is 12.5. The van der Waals surface area contributed by atoms with Crippen LogP contribution < -0.4 is 15.4 Å². The van der Waals surface area contributed by atoms with Gasteiger partial charge in [-0.15, -0.1) is 0 Å². The van der Waals surface area contributed by atoms with E-state index in [4.69, 9.17) is 9.47 Å². The van der Waals surface area contributed by atoms with Crippen LogP contribution in [-0.4, -0.2) is 31.6 Å². The predicted octanol–water partition coefficient (Wildman–Crippen LogP) is 3.08. The number of rotatable bonds is 7. The summed E-state index contributed by atoms with van der Waals surface area (Å²) in [6.45, 7) is 4.65. The van der Waals surface area contributed by atoms with Crippen LogP contribution in [0.4, 0.5) is 4.79 Å². The number of urea groups is 1. The number of ether oxygens (including phenoxy) is 2. The van der Waals surface area contributed by atoms with Crippen molar-refractivity contribution in [1.82, 2.24) is 10.6 Å². The molecule has 0 radical (unpaired) electrons. The largest absolute Gasteiger partial charge is 0.493 e. The first kappa shape index (κ1) is 21.0. The Morgan fingerprint density at radius 3 is 2.18 bits per heavy atom. The van der Waals surface area contributed by atoms with Gasteiger partial charge >= 0.3 is 12.0 Å². The molecule has 0 unspecified atom stereocenters. The van der Waals surface area contributed by atoms with Crippen LogP contribution in [0.1, 0.15) is 35.9 Å². The van der Waals surface area contributed by atoms with Crippen LogP contribution in [0, 0.1) is 5.92 Å². The van der Waals surface area contributed by atoms with Crippen LogP contribution in [0.3, 0.4) is 0 Å². The third kappa shape index (κ3) is 6.12. The predicted molar refractivity (Wildman–Crippen MR) is 104 cm³/mol. The lowest BCUT2D eigenvalue weighted by Crippen LogP contribution is -2.41. The molecule has 0 saturated heterocycles. The minimum atomic E-state index is -1.26. The molecule has 0 aliphatic carbocycles. The van der Waals surface area contributed by atoms with E-state index in [1.54, 1.807) is 54.6 Å². The summed E-state index contributed by atoms with van der Waals surface area (Å²) in [6.07, 6.45) is -1.26. The Balaban J connectivity index is 2.13. The van der Waals surface area contributed by atoms with E-state index in [2.05, 4.69) is 10.6 Å². The quantitative estimate of drug-likeness (QED) is 0.716. The van der Waals surface area contributed by atoms with Crippen LogP contribution in [0.5, 0.6) is 5.75 Å². The van der Waals surface area contributed by atoms with E-state index in [1.807, 2.05) is 13.8 Å². The van der Waals surface area contributed by atoms with E-state index in [0.717, 1.165) is 0 Å². The van der Waals surface area contributed by atoms with Gasteiger partial charge in [-0.05, 0) is 30.2 Å². The van der Waals surface area contributed by atoms with Crippen LogP contribution in [0.25, 0.3) is 0 Å². The molecule has 2 aromatic carbocycles. The van der Waals surface area contributed by atoms with E-state index >= 15 is 0 Å². The highest BCUT2D eigenvalue weighted by atomic mass is 16.5. The van der Waals surface area contributed by atoms with E-state index < -0.39 is 24.0 Å². The number of carbonyl (C=O) groups is 3. The van der Waals surface area contributed by atoms with E-state index in [0.29, 0.717) is 23.8 Å². The van der Waals surface area contributed by atoms with Crippen LogP contribution in [0.2, 0.25) is 0 Å². The topological polar surface area (TPSA) is 93.7 Å². The summed E-state index contributed by atoms with van der Waals surface area (Å²) < 4.78 is 11.0. The van der Waals surface area contributed by atoms with Gasteiger partial charge in [0.25, 0.3) is 5.91 Å². The number of imide groups is 1. The van der Waals surface area contributed by atoms with Gasteiger partial charge < -0.3 is 14.8 Å². The number of amides is 3. The number of benzene rings is 2. The van der Waals surface area contributed by atoms with Gasteiger partial charge in [-0.2, -0.15) is 0 Å². The second-order valence-corrected chi connectivity index (χ2v) is 6.49. The van der Waals surface area contributed by atoms with E-state index in [9.17, 15) is 14.4 Å². The molecule has 0 heterocycles. The van der Waals surface area contributed by atoms with Gasteiger partial charge in [0.1, 0.15) is 5.75 Å². The Morgan fingerprint density at radius 2 is 1.61 bits per heavy atom. The monoisotopic (exact) mass is 384 g/mol. The maximum Gasteiger partial charge on any atom is 0.339 e. The zero-order valence-corrected chi connectivity index (χ0v) is 16.1. The third-order valence-electron chi connectivity index (χ3n) is 3.70. The smallest absolute Gasteiger partial charge is 0.339 e. The van der Waals surface area contributed by atoms with Gasteiger partial charge in [0.15, 0.2) is 0 Å². The van der Waals surface area contributed by atoms with Gasteiger partial charge in [-0.1, -0.05) is 44.2 Å². The Hall–Kier alpha value is -3.35. The Labute approximate surface area is 164 Å². The van der Waals surface area contributed by atoms with Crippen LogP contribution in [-0.2, 0) is 9.53 Å². The number of nitrogens with one attached hydrogen (secondary N) is 2. The summed E-state index contributed by atoms with van der Waals surface area (Å²) in [7, 11) is 1.38. The summed E-state index contributed by atoms with van der Waals surface area (Å²) >= 11 is 0. The molecule has 0 fully saturated rings. The molecule has 0 aromatic heterocycles. The highest BCUT2D eigenvalue weighted by Crippen LogP contribution is 2.21. The van der Waals surface area contributed by atoms with Crippen molar-refractivity contribution in [3.8, 4) is 5.75 Å². The van der Waals surface area contributed by atoms with Gasteiger partial charge in [0.05, 0.1) is 12.2 Å². The summed E-state index contributed by atoms with van der Waals surface area (Å²) in [4.78, 5) is 36.4. The fraction of sp³-hybridized carbons (Fsp3) is 0.286. The van der Waals surface area contributed by atoms with E-state index in [1.165, 1.54) is 7.05 Å². The summed E-state index contributed by atoms with van der Waals surface area (Å²) in [5, 5.41) is 4.42. The Morgan fingerprint density at radius 1 is 0.964 bits per heavy atom. The molecule has 3 amide bonds. The molecule has 28 heavy (non-hydrogen) atoms. The number of hydrogen-bond donors (Lipinski definition) is 2. The SMILES string of the molecule is CNC(=O)NC(=O)[C@H](OC(=O)c1ccc(OCC(C)C)cc1)c1ccccc1. The molecular formula is C21H24N2O5. The van der Waals surface area contributed by atoms with Crippen molar-refractivity contribution in [2.75, 3.05) is 13.7 Å². The highest BCUT2D eigenvalue weighted by molar-refractivity contribution is 5.99. The highest BCUT2D eigenvalue weighted by Gasteiger charge is 2.26. The number of carbonyl (C=O) groups excluding carboxylic acids is 3. The first-order valence-electron chi connectivity index (χ1n) is 8.92. The zero-order chi connectivity index (χ0) is 20.5. The van der Waals surface area contributed by atoms with Crippen molar-refractivity contribution in [2.45, 2.75) is 20.0 Å². The lowest BCUT2D eigenvalue weighted by atomic mass is 10.1. The van der Waals surface area contributed by atoms with Crippen molar-refractivity contribution in [2.24, 2.45) is 5.92 Å². The van der Waals surface area contributed by atoms with Crippen molar-refractivity contribution >= 4 is 17.9 Å². The summed E-state index contributed by atoms with van der Waals surface area (Å²) in [5.74, 6) is -0.399. The van der Waals surface area contributed by atoms with E-state index in [-0.39, 0.29) is 5.56 Å². The zero-order valence-electron chi connectivity index (χ0n) is 16.1. The molecule has 0 aliphatic heterocycles.